The van der Waals surface area contributed by atoms with E-state index in [2.05, 4.69) is 28.8 Å². The molecule has 1 saturated heterocycles. The second-order valence-electron chi connectivity index (χ2n) is 10.3. The molecule has 1 aliphatic rings. The Bertz CT molecular complexity index is 1410. The number of benzene rings is 2. The van der Waals surface area contributed by atoms with E-state index < -0.39 is 17.0 Å². The van der Waals surface area contributed by atoms with Gasteiger partial charge in [0.2, 0.25) is 0 Å². The number of nitrogens with zero attached hydrogens (tertiary/aromatic N) is 1. The minimum absolute atomic E-state index is 0.162. The number of aldehydes is 1. The highest BCUT2D eigenvalue weighted by Crippen LogP contribution is 2.46. The fourth-order valence-corrected chi connectivity index (χ4v) is 8.08. The average Bonchev–Trinajstić information content (AvgIpc) is 3.27. The van der Waals surface area contributed by atoms with Crippen LogP contribution in [0, 0.1) is 0 Å². The lowest BCUT2D eigenvalue weighted by molar-refractivity contribution is -0.109. The Labute approximate surface area is 253 Å². The summed E-state index contributed by atoms with van der Waals surface area (Å²) in [7, 11) is 0.734. The second kappa shape index (κ2) is 13.8. The van der Waals surface area contributed by atoms with Gasteiger partial charge < -0.3 is 20.1 Å². The molecule has 2 unspecified atom stereocenters. The van der Waals surface area contributed by atoms with Crippen molar-refractivity contribution in [3.8, 4) is 16.2 Å². The largest absolute Gasteiger partial charge is 0.483 e. The zero-order valence-electron chi connectivity index (χ0n) is 23.7. The molecule has 2 atom stereocenters. The van der Waals surface area contributed by atoms with E-state index in [-0.39, 0.29) is 40.4 Å². The van der Waals surface area contributed by atoms with Crippen LogP contribution < -0.4 is 15.4 Å². The lowest BCUT2D eigenvalue weighted by atomic mass is 9.89. The van der Waals surface area contributed by atoms with Crippen LogP contribution in [-0.4, -0.2) is 59.2 Å². The topological polar surface area (TPSA) is 97.0 Å². The van der Waals surface area contributed by atoms with Crippen LogP contribution >= 0.6 is 22.9 Å². The van der Waals surface area contributed by atoms with E-state index in [1.54, 1.807) is 6.92 Å². The molecule has 0 aliphatic carbocycles. The molecule has 2 heterocycles. The van der Waals surface area contributed by atoms with E-state index in [0.717, 1.165) is 35.3 Å². The second-order valence-corrected chi connectivity index (χ2v) is 13.1. The Balaban J connectivity index is 1.47. The molecule has 11 heteroatoms. The molecule has 0 amide bonds. The fourth-order valence-electron chi connectivity index (χ4n) is 5.07. The molecule has 1 aromatic heterocycles. The fraction of sp³-hybridized carbons (Fsp3) is 0.400. The van der Waals surface area contributed by atoms with E-state index >= 15 is 0 Å². The van der Waals surface area contributed by atoms with Gasteiger partial charge in [-0.25, -0.2) is 13.3 Å². The first-order valence-corrected chi connectivity index (χ1v) is 16.0. The molecule has 0 bridgehead atoms. The number of nitrogens with one attached hydrogen (secondary N) is 2. The quantitative estimate of drug-likeness (QED) is 0.180. The number of esters is 1. The Morgan fingerprint density at radius 2 is 1.98 bits per heavy atom. The highest BCUT2D eigenvalue weighted by atomic mass is 35.5. The monoisotopic (exact) mass is 617 g/mol. The highest BCUT2D eigenvalue weighted by molar-refractivity contribution is 7.81. The van der Waals surface area contributed by atoms with E-state index in [4.69, 9.17) is 21.1 Å². The summed E-state index contributed by atoms with van der Waals surface area (Å²) in [5.74, 6) is 0.102. The third kappa shape index (κ3) is 7.48. The first-order valence-electron chi connectivity index (χ1n) is 13.5. The third-order valence-corrected chi connectivity index (χ3v) is 10.3. The molecule has 3 aromatic rings. The summed E-state index contributed by atoms with van der Waals surface area (Å²) < 4.78 is 26.2. The van der Waals surface area contributed by atoms with E-state index in [0.29, 0.717) is 23.5 Å². The van der Waals surface area contributed by atoms with E-state index in [1.807, 2.05) is 55.6 Å². The van der Waals surface area contributed by atoms with Crippen LogP contribution in [0.2, 0.25) is 5.02 Å². The number of hydrogen-bond donors (Lipinski definition) is 2. The molecule has 1 aliphatic heterocycles. The van der Waals surface area contributed by atoms with E-state index in [1.165, 1.54) is 11.3 Å². The number of anilines is 2. The smallest absolute Gasteiger partial charge is 0.352 e. The van der Waals surface area contributed by atoms with Crippen molar-refractivity contribution in [2.45, 2.75) is 50.9 Å². The number of ether oxygens (including phenoxy) is 2. The molecule has 4 rings (SSSR count). The summed E-state index contributed by atoms with van der Waals surface area (Å²) in [6, 6.07) is 16.0. The summed E-state index contributed by atoms with van der Waals surface area (Å²) in [5.41, 5.74) is 3.52. The predicted molar refractivity (Wildman–Crippen MR) is 168 cm³/mol. The summed E-state index contributed by atoms with van der Waals surface area (Å²) in [4.78, 5) is 24.3. The lowest BCUT2D eigenvalue weighted by Crippen LogP contribution is -2.53. The maximum Gasteiger partial charge on any atom is 0.352 e. The van der Waals surface area contributed by atoms with Crippen molar-refractivity contribution in [2.24, 2.45) is 0 Å². The average molecular weight is 618 g/mol. The minimum Gasteiger partial charge on any atom is -0.483 e. The zero-order valence-corrected chi connectivity index (χ0v) is 26.1. The number of thiophene rings is 1. The van der Waals surface area contributed by atoms with Gasteiger partial charge in [-0.1, -0.05) is 35.9 Å². The van der Waals surface area contributed by atoms with Gasteiger partial charge in [0.05, 0.1) is 28.2 Å². The number of piperidine rings is 1. The number of carbonyl (C=O) groups excluding carboxylic acids is 2. The maximum atomic E-state index is 13.4. The SMILES string of the molecule is CCOC(=O)c1sc(-c2cccc(NC3CCN(S(=O)Cc4cccc(NC)c4)C(C)(C)C3)c2)c(Cl)c1OCC=O. The van der Waals surface area contributed by atoms with Gasteiger partial charge in [0.1, 0.15) is 11.6 Å². The molecule has 2 aromatic carbocycles. The summed E-state index contributed by atoms with van der Waals surface area (Å²) in [5, 5.41) is 7.06. The number of carbonyl (C=O) groups is 2. The van der Waals surface area contributed by atoms with Crippen LogP contribution in [0.25, 0.3) is 10.4 Å². The maximum absolute atomic E-state index is 13.4. The Hall–Kier alpha value is -2.92. The van der Waals surface area contributed by atoms with Crippen molar-refractivity contribution in [3.05, 3.63) is 64.0 Å². The van der Waals surface area contributed by atoms with Crippen molar-refractivity contribution in [3.63, 3.8) is 0 Å². The van der Waals surface area contributed by atoms with Gasteiger partial charge in [0, 0.05) is 36.5 Å². The van der Waals surface area contributed by atoms with Crippen LogP contribution in [0.4, 0.5) is 11.4 Å². The molecule has 2 N–H and O–H groups in total. The molecule has 8 nitrogen and oxygen atoms in total. The van der Waals surface area contributed by atoms with Crippen LogP contribution in [0.5, 0.6) is 5.75 Å². The van der Waals surface area contributed by atoms with Crippen LogP contribution in [-0.2, 0) is 26.3 Å². The van der Waals surface area contributed by atoms with Crippen molar-refractivity contribution >= 4 is 57.6 Å². The van der Waals surface area contributed by atoms with Crippen molar-refractivity contribution < 1.29 is 23.3 Å². The Kier molecular flexibility index (Phi) is 10.5. The molecule has 0 radical (unpaired) electrons. The molecule has 0 saturated carbocycles. The lowest BCUT2D eigenvalue weighted by Gasteiger charge is -2.44. The molecule has 220 valence electrons. The minimum atomic E-state index is -1.14. The molecular weight excluding hydrogens is 582 g/mol. The van der Waals surface area contributed by atoms with Crippen LogP contribution in [0.3, 0.4) is 0 Å². The van der Waals surface area contributed by atoms with Gasteiger partial charge in [0.15, 0.2) is 16.9 Å². The zero-order chi connectivity index (χ0) is 29.6. The number of halogens is 1. The standard InChI is InChI=1S/C30H36ClN3O5S2/c1-5-38-29(36)28-26(39-15-14-35)25(31)27(40-28)21-9-7-11-23(17-21)33-24-12-13-34(30(2,3)18-24)41(37)19-20-8-6-10-22(16-20)32-4/h6-11,14,16-17,24,32-33H,5,12-13,15,18-19H2,1-4H3. The van der Waals surface area contributed by atoms with Gasteiger partial charge >= 0.3 is 5.97 Å². The summed E-state index contributed by atoms with van der Waals surface area (Å²) in [6.45, 7) is 6.71. The van der Waals surface area contributed by atoms with Gasteiger partial charge in [-0.2, -0.15) is 0 Å². The van der Waals surface area contributed by atoms with Crippen molar-refractivity contribution in [2.75, 3.05) is 37.4 Å². The highest BCUT2D eigenvalue weighted by Gasteiger charge is 2.38. The molecular formula is C30H36ClN3O5S2. The summed E-state index contributed by atoms with van der Waals surface area (Å²) >= 11 is 7.83. The van der Waals surface area contributed by atoms with Crippen molar-refractivity contribution in [1.29, 1.82) is 0 Å². The van der Waals surface area contributed by atoms with Gasteiger partial charge in [-0.3, -0.25) is 4.79 Å². The molecule has 1 fully saturated rings. The molecule has 41 heavy (non-hydrogen) atoms. The third-order valence-electron chi connectivity index (χ3n) is 6.91. The first kappa shape index (κ1) is 31.0. The molecule has 0 spiro atoms. The van der Waals surface area contributed by atoms with Crippen molar-refractivity contribution in [1.82, 2.24) is 4.31 Å². The Morgan fingerprint density at radius 1 is 1.22 bits per heavy atom. The van der Waals surface area contributed by atoms with Gasteiger partial charge in [-0.05, 0) is 69.0 Å². The Morgan fingerprint density at radius 3 is 2.68 bits per heavy atom. The van der Waals surface area contributed by atoms with Crippen LogP contribution in [0.15, 0.2) is 48.5 Å². The normalized spacial score (nSPS) is 17.4. The number of rotatable bonds is 12. The first-order chi connectivity index (χ1) is 19.7. The van der Waals surface area contributed by atoms with Crippen LogP contribution in [0.1, 0.15) is 48.8 Å². The summed E-state index contributed by atoms with van der Waals surface area (Å²) in [6.07, 6.45) is 2.26. The van der Waals surface area contributed by atoms with Gasteiger partial charge in [-0.15, -0.1) is 11.3 Å². The van der Waals surface area contributed by atoms with Gasteiger partial charge in [0.25, 0.3) is 0 Å². The number of hydrogen-bond acceptors (Lipinski definition) is 8. The predicted octanol–water partition coefficient (Wildman–Crippen LogP) is 6.38. The van der Waals surface area contributed by atoms with E-state index in [9.17, 15) is 13.8 Å².